The van der Waals surface area contributed by atoms with E-state index in [2.05, 4.69) is 25.8 Å². The minimum atomic E-state index is 0.611. The van der Waals surface area contributed by atoms with Gasteiger partial charge >= 0.3 is 0 Å². The van der Waals surface area contributed by atoms with Crippen molar-refractivity contribution in [3.05, 3.63) is 16.6 Å². The van der Waals surface area contributed by atoms with E-state index in [4.69, 9.17) is 0 Å². The summed E-state index contributed by atoms with van der Waals surface area (Å²) < 4.78 is 0. The molecule has 1 heterocycles. The van der Waals surface area contributed by atoms with Gasteiger partial charge in [0.15, 0.2) is 0 Å². The molecule has 0 fully saturated rings. The number of thiazole rings is 1. The molecule has 0 saturated carbocycles. The van der Waals surface area contributed by atoms with Gasteiger partial charge in [-0.15, -0.1) is 11.3 Å². The lowest BCUT2D eigenvalue weighted by molar-refractivity contribution is 0.533. The maximum Gasteiger partial charge on any atom is 0.0955 e. The molecule has 0 amide bonds. The first kappa shape index (κ1) is 7.73. The summed E-state index contributed by atoms with van der Waals surface area (Å²) in [6.07, 6.45) is 1.87. The van der Waals surface area contributed by atoms with Gasteiger partial charge in [0.2, 0.25) is 0 Å². The van der Waals surface area contributed by atoms with E-state index in [-0.39, 0.29) is 0 Å². The first-order valence-corrected chi connectivity index (χ1v) is 4.49. The van der Waals surface area contributed by atoms with Crippen LogP contribution in [0.3, 0.4) is 0 Å². The first-order valence-electron chi connectivity index (χ1n) is 3.61. The molecule has 10 heavy (non-hydrogen) atoms. The molecule has 1 aromatic rings. The summed E-state index contributed by atoms with van der Waals surface area (Å²) in [5, 5.41) is 3.30. The van der Waals surface area contributed by atoms with Crippen LogP contribution in [-0.2, 0) is 0 Å². The lowest BCUT2D eigenvalue weighted by atomic mass is 9.99. The fraction of sp³-hybridized carbons (Fsp3) is 0.625. The summed E-state index contributed by atoms with van der Waals surface area (Å²) in [6.45, 7) is 6.68. The second-order valence-corrected chi connectivity index (χ2v) is 3.83. The van der Waals surface area contributed by atoms with Gasteiger partial charge in [-0.2, -0.15) is 0 Å². The van der Waals surface area contributed by atoms with Crippen LogP contribution in [-0.4, -0.2) is 4.98 Å². The molecule has 0 aliphatic carbocycles. The fourth-order valence-electron chi connectivity index (χ4n) is 0.745. The molecule has 1 nitrogen and oxygen atoms in total. The predicted octanol–water partition coefficient (Wildman–Crippen LogP) is 2.90. The van der Waals surface area contributed by atoms with Crippen molar-refractivity contribution in [2.45, 2.75) is 26.7 Å². The lowest BCUT2D eigenvalue weighted by Crippen LogP contribution is -2.00. The quantitative estimate of drug-likeness (QED) is 0.640. The van der Waals surface area contributed by atoms with E-state index in [1.165, 1.54) is 5.01 Å². The molecule has 2 heteroatoms. The summed E-state index contributed by atoms with van der Waals surface area (Å²) >= 11 is 1.75. The van der Waals surface area contributed by atoms with Gasteiger partial charge in [-0.05, 0) is 5.92 Å². The molecule has 1 aromatic heterocycles. The summed E-state index contributed by atoms with van der Waals surface area (Å²) in [4.78, 5) is 4.26. The number of nitrogens with zero attached hydrogens (tertiary/aromatic N) is 1. The van der Waals surface area contributed by atoms with Crippen LogP contribution >= 0.6 is 11.3 Å². The Morgan fingerprint density at radius 3 is 2.50 bits per heavy atom. The number of hydrogen-bond acceptors (Lipinski definition) is 2. The van der Waals surface area contributed by atoms with E-state index in [1.807, 2.05) is 11.6 Å². The Labute approximate surface area is 66.1 Å². The van der Waals surface area contributed by atoms with Crippen molar-refractivity contribution in [3.63, 3.8) is 0 Å². The highest BCUT2D eigenvalue weighted by Crippen LogP contribution is 2.24. The van der Waals surface area contributed by atoms with Gasteiger partial charge < -0.3 is 0 Å². The van der Waals surface area contributed by atoms with Crippen LogP contribution < -0.4 is 0 Å². The van der Waals surface area contributed by atoms with Crippen LogP contribution in [0.4, 0.5) is 0 Å². The highest BCUT2D eigenvalue weighted by atomic mass is 32.1. The van der Waals surface area contributed by atoms with Crippen molar-refractivity contribution in [1.29, 1.82) is 0 Å². The van der Waals surface area contributed by atoms with Crippen molar-refractivity contribution >= 4 is 11.3 Å². The normalized spacial score (nSPS) is 14.0. The SMILES string of the molecule is CC(C)[C@@H](C)c1nccs1. The molecule has 0 unspecified atom stereocenters. The Morgan fingerprint density at radius 1 is 1.40 bits per heavy atom. The summed E-state index contributed by atoms with van der Waals surface area (Å²) in [5.41, 5.74) is 0. The second-order valence-electron chi connectivity index (χ2n) is 2.90. The molecule has 0 aliphatic heterocycles. The molecular weight excluding hydrogens is 142 g/mol. The molecule has 0 saturated heterocycles. The maximum atomic E-state index is 4.26. The van der Waals surface area contributed by atoms with Crippen LogP contribution in [0.15, 0.2) is 11.6 Å². The van der Waals surface area contributed by atoms with E-state index in [0.717, 1.165) is 0 Å². The van der Waals surface area contributed by atoms with Gasteiger partial charge in [-0.25, -0.2) is 4.98 Å². The molecule has 0 aliphatic rings. The van der Waals surface area contributed by atoms with Crippen LogP contribution in [0.1, 0.15) is 31.7 Å². The molecule has 0 N–H and O–H groups in total. The first-order chi connectivity index (χ1) is 4.72. The monoisotopic (exact) mass is 155 g/mol. The third-order valence-electron chi connectivity index (χ3n) is 1.84. The minimum Gasteiger partial charge on any atom is -0.249 e. The van der Waals surface area contributed by atoms with Crippen LogP contribution in [0, 0.1) is 5.92 Å². The average molecular weight is 155 g/mol. The van der Waals surface area contributed by atoms with Crippen molar-refractivity contribution in [2.75, 3.05) is 0 Å². The predicted molar refractivity (Wildman–Crippen MR) is 45.4 cm³/mol. The van der Waals surface area contributed by atoms with Gasteiger partial charge in [0, 0.05) is 17.5 Å². The zero-order valence-corrected chi connectivity index (χ0v) is 7.48. The van der Waals surface area contributed by atoms with Crippen molar-refractivity contribution < 1.29 is 0 Å². The molecule has 1 rings (SSSR count). The fourth-order valence-corrected chi connectivity index (χ4v) is 1.61. The summed E-state index contributed by atoms with van der Waals surface area (Å²) in [7, 11) is 0. The zero-order chi connectivity index (χ0) is 7.56. The van der Waals surface area contributed by atoms with E-state index in [0.29, 0.717) is 11.8 Å². The van der Waals surface area contributed by atoms with Gasteiger partial charge in [0.25, 0.3) is 0 Å². The molecular formula is C8H13NS. The van der Waals surface area contributed by atoms with Crippen LogP contribution in [0.5, 0.6) is 0 Å². The Bertz CT molecular complexity index is 179. The van der Waals surface area contributed by atoms with Crippen molar-refractivity contribution in [3.8, 4) is 0 Å². The standard InChI is InChI=1S/C8H13NS/c1-6(2)7(3)8-9-4-5-10-8/h4-7H,1-3H3/t7-/m1/s1. The molecule has 0 radical (unpaired) electrons. The summed E-state index contributed by atoms with van der Waals surface area (Å²) in [6, 6.07) is 0. The molecule has 56 valence electrons. The third-order valence-corrected chi connectivity index (χ3v) is 2.82. The largest absolute Gasteiger partial charge is 0.249 e. The van der Waals surface area contributed by atoms with Crippen LogP contribution in [0.2, 0.25) is 0 Å². The molecule has 0 spiro atoms. The average Bonchev–Trinajstić information content (AvgIpc) is 2.36. The Kier molecular flexibility index (Phi) is 2.44. The number of aromatic nitrogens is 1. The highest BCUT2D eigenvalue weighted by Gasteiger charge is 2.11. The second kappa shape index (κ2) is 3.15. The van der Waals surface area contributed by atoms with Crippen LogP contribution in [0.25, 0.3) is 0 Å². The summed E-state index contributed by atoms with van der Waals surface area (Å²) in [5.74, 6) is 1.31. The Hall–Kier alpha value is -0.370. The van der Waals surface area contributed by atoms with E-state index in [9.17, 15) is 0 Å². The van der Waals surface area contributed by atoms with Gasteiger partial charge in [-0.1, -0.05) is 20.8 Å². The topological polar surface area (TPSA) is 12.9 Å². The molecule has 0 aromatic carbocycles. The Balaban J connectivity index is 2.68. The molecule has 0 bridgehead atoms. The van der Waals surface area contributed by atoms with Gasteiger partial charge in [-0.3, -0.25) is 0 Å². The zero-order valence-electron chi connectivity index (χ0n) is 6.66. The van der Waals surface area contributed by atoms with Crippen molar-refractivity contribution in [2.24, 2.45) is 5.92 Å². The molecule has 1 atom stereocenters. The van der Waals surface area contributed by atoms with Crippen molar-refractivity contribution in [1.82, 2.24) is 4.98 Å². The third kappa shape index (κ3) is 1.57. The maximum absolute atomic E-state index is 4.26. The van der Waals surface area contributed by atoms with Gasteiger partial charge in [0.1, 0.15) is 0 Å². The van der Waals surface area contributed by atoms with E-state index < -0.39 is 0 Å². The minimum absolute atomic E-state index is 0.611. The van der Waals surface area contributed by atoms with E-state index in [1.54, 1.807) is 11.3 Å². The number of rotatable bonds is 2. The Morgan fingerprint density at radius 2 is 2.10 bits per heavy atom. The smallest absolute Gasteiger partial charge is 0.0955 e. The lowest BCUT2D eigenvalue weighted by Gasteiger charge is -2.10. The number of hydrogen-bond donors (Lipinski definition) is 0. The van der Waals surface area contributed by atoms with Gasteiger partial charge in [0.05, 0.1) is 5.01 Å². The highest BCUT2D eigenvalue weighted by molar-refractivity contribution is 7.09. The van der Waals surface area contributed by atoms with E-state index >= 15 is 0 Å².